The average Bonchev–Trinajstić information content (AvgIpc) is 2.60. The van der Waals surface area contributed by atoms with Crippen molar-refractivity contribution in [3.63, 3.8) is 0 Å². The van der Waals surface area contributed by atoms with Crippen LogP contribution >= 0.6 is 0 Å². The summed E-state index contributed by atoms with van der Waals surface area (Å²) in [6.45, 7) is -0.185. The van der Waals surface area contributed by atoms with Gasteiger partial charge in [0.15, 0.2) is 6.61 Å². The highest BCUT2D eigenvalue weighted by Gasteiger charge is 2.10. The minimum atomic E-state index is -0.348. The average molecular weight is 312 g/mol. The number of carbonyl (C=O) groups is 1. The summed E-state index contributed by atoms with van der Waals surface area (Å²) in [5.41, 5.74) is 0.962. The van der Waals surface area contributed by atoms with Crippen LogP contribution in [0.2, 0.25) is 0 Å². The molecule has 2 aromatic carbocycles. The van der Waals surface area contributed by atoms with Crippen LogP contribution in [0.5, 0.6) is 17.2 Å². The summed E-state index contributed by atoms with van der Waals surface area (Å²) >= 11 is 0. The third kappa shape index (κ3) is 4.38. The lowest BCUT2D eigenvalue weighted by molar-refractivity contribution is -0.118. The maximum absolute atomic E-state index is 12.0. The van der Waals surface area contributed by atoms with Gasteiger partial charge in [-0.05, 0) is 30.3 Å². The van der Waals surface area contributed by atoms with Crippen LogP contribution in [-0.4, -0.2) is 26.7 Å². The molecule has 118 valence electrons. The summed E-state index contributed by atoms with van der Waals surface area (Å²) in [6.07, 6.45) is 0. The van der Waals surface area contributed by atoms with Crippen molar-refractivity contribution in [3.05, 3.63) is 48.0 Å². The fraction of sp³-hybridized carbons (Fsp3) is 0.176. The second kappa shape index (κ2) is 7.71. The van der Waals surface area contributed by atoms with E-state index in [2.05, 4.69) is 5.32 Å². The van der Waals surface area contributed by atoms with E-state index in [1.807, 2.05) is 6.07 Å². The lowest BCUT2D eigenvalue weighted by Crippen LogP contribution is -2.20. The number of nitriles is 1. The highest BCUT2D eigenvalue weighted by atomic mass is 16.5. The second-order valence-electron chi connectivity index (χ2n) is 4.54. The first-order valence-electron chi connectivity index (χ1n) is 6.81. The van der Waals surface area contributed by atoms with E-state index in [0.29, 0.717) is 28.5 Å². The molecule has 1 amide bonds. The molecule has 2 aromatic rings. The van der Waals surface area contributed by atoms with Crippen LogP contribution in [0.4, 0.5) is 5.69 Å². The van der Waals surface area contributed by atoms with Crippen LogP contribution in [0.3, 0.4) is 0 Å². The van der Waals surface area contributed by atoms with Gasteiger partial charge >= 0.3 is 0 Å². The van der Waals surface area contributed by atoms with Gasteiger partial charge in [0.1, 0.15) is 17.2 Å². The molecule has 23 heavy (non-hydrogen) atoms. The molecule has 0 unspecified atom stereocenters. The second-order valence-corrected chi connectivity index (χ2v) is 4.54. The molecule has 0 aliphatic rings. The normalized spacial score (nSPS) is 9.61. The molecule has 0 saturated heterocycles. The van der Waals surface area contributed by atoms with Crippen molar-refractivity contribution >= 4 is 11.6 Å². The van der Waals surface area contributed by atoms with Crippen molar-refractivity contribution in [2.75, 3.05) is 26.1 Å². The Morgan fingerprint density at radius 3 is 2.65 bits per heavy atom. The molecule has 0 aliphatic heterocycles. The number of anilines is 1. The van der Waals surface area contributed by atoms with Gasteiger partial charge in [-0.15, -0.1) is 0 Å². The molecule has 0 bridgehead atoms. The summed E-state index contributed by atoms with van der Waals surface area (Å²) in [5, 5.41) is 11.5. The number of methoxy groups -OCH3 is 2. The predicted molar refractivity (Wildman–Crippen MR) is 84.8 cm³/mol. The fourth-order valence-corrected chi connectivity index (χ4v) is 1.90. The first-order valence-corrected chi connectivity index (χ1v) is 6.81. The Balaban J connectivity index is 2.00. The highest BCUT2D eigenvalue weighted by Crippen LogP contribution is 2.28. The molecule has 0 aromatic heterocycles. The van der Waals surface area contributed by atoms with Gasteiger partial charge in [0.05, 0.1) is 31.5 Å². The minimum absolute atomic E-state index is 0.185. The van der Waals surface area contributed by atoms with Gasteiger partial charge in [-0.3, -0.25) is 4.79 Å². The van der Waals surface area contributed by atoms with Crippen molar-refractivity contribution in [2.45, 2.75) is 0 Å². The van der Waals surface area contributed by atoms with Crippen molar-refractivity contribution in [3.8, 4) is 23.3 Å². The summed E-state index contributed by atoms with van der Waals surface area (Å²) in [4.78, 5) is 12.0. The van der Waals surface area contributed by atoms with Crippen LogP contribution < -0.4 is 19.5 Å². The van der Waals surface area contributed by atoms with E-state index < -0.39 is 0 Å². The first kappa shape index (κ1) is 16.2. The standard InChI is InChI=1S/C17H16N2O4/c1-21-13-6-7-16(22-2)15(9-13)19-17(20)11-23-14-5-3-4-12(8-14)10-18/h3-9H,11H2,1-2H3,(H,19,20). The molecule has 0 atom stereocenters. The molecule has 0 heterocycles. The fourth-order valence-electron chi connectivity index (χ4n) is 1.90. The zero-order valence-corrected chi connectivity index (χ0v) is 12.8. The lowest BCUT2D eigenvalue weighted by atomic mass is 10.2. The molecule has 0 spiro atoms. The van der Waals surface area contributed by atoms with Crippen molar-refractivity contribution in [1.29, 1.82) is 5.26 Å². The van der Waals surface area contributed by atoms with Gasteiger partial charge < -0.3 is 19.5 Å². The Hall–Kier alpha value is -3.20. The smallest absolute Gasteiger partial charge is 0.262 e. The molecular formula is C17H16N2O4. The largest absolute Gasteiger partial charge is 0.497 e. The van der Waals surface area contributed by atoms with E-state index in [-0.39, 0.29) is 12.5 Å². The van der Waals surface area contributed by atoms with Gasteiger partial charge in [0, 0.05) is 6.07 Å². The summed E-state index contributed by atoms with van der Waals surface area (Å²) < 4.78 is 15.7. The summed E-state index contributed by atoms with van der Waals surface area (Å²) in [7, 11) is 3.06. The molecule has 0 fully saturated rings. The number of nitrogens with zero attached hydrogens (tertiary/aromatic N) is 1. The minimum Gasteiger partial charge on any atom is -0.497 e. The van der Waals surface area contributed by atoms with E-state index >= 15 is 0 Å². The Morgan fingerprint density at radius 1 is 1.13 bits per heavy atom. The molecule has 0 saturated carbocycles. The number of benzene rings is 2. The van der Waals surface area contributed by atoms with E-state index in [0.717, 1.165) is 0 Å². The van der Waals surface area contributed by atoms with Crippen LogP contribution in [0, 0.1) is 11.3 Å². The molecule has 6 nitrogen and oxygen atoms in total. The Kier molecular flexibility index (Phi) is 5.42. The van der Waals surface area contributed by atoms with Gasteiger partial charge in [0.2, 0.25) is 0 Å². The van der Waals surface area contributed by atoms with Gasteiger partial charge in [0.25, 0.3) is 5.91 Å². The number of carbonyl (C=O) groups excluding carboxylic acids is 1. The maximum atomic E-state index is 12.0. The van der Waals surface area contributed by atoms with Crippen LogP contribution in [0.25, 0.3) is 0 Å². The number of nitrogens with one attached hydrogen (secondary N) is 1. The number of ether oxygens (including phenoxy) is 3. The number of hydrogen-bond donors (Lipinski definition) is 1. The van der Waals surface area contributed by atoms with E-state index in [1.54, 1.807) is 49.6 Å². The number of rotatable bonds is 6. The SMILES string of the molecule is COc1ccc(OC)c(NC(=O)COc2cccc(C#N)c2)c1. The first-order chi connectivity index (χ1) is 11.2. The van der Waals surface area contributed by atoms with Crippen LogP contribution in [0.1, 0.15) is 5.56 Å². The van der Waals surface area contributed by atoms with E-state index in [9.17, 15) is 4.79 Å². The molecule has 1 N–H and O–H groups in total. The Bertz CT molecular complexity index is 738. The van der Waals surface area contributed by atoms with Gasteiger partial charge in [-0.1, -0.05) is 6.07 Å². The number of hydrogen-bond acceptors (Lipinski definition) is 5. The molecule has 0 aliphatic carbocycles. The summed E-state index contributed by atoms with van der Waals surface area (Å²) in [5.74, 6) is 1.23. The molecular weight excluding hydrogens is 296 g/mol. The van der Waals surface area contributed by atoms with E-state index in [4.69, 9.17) is 19.5 Å². The quantitative estimate of drug-likeness (QED) is 0.886. The zero-order chi connectivity index (χ0) is 16.7. The predicted octanol–water partition coefficient (Wildman–Crippen LogP) is 2.59. The lowest BCUT2D eigenvalue weighted by Gasteiger charge is -2.12. The monoisotopic (exact) mass is 312 g/mol. The van der Waals surface area contributed by atoms with Crippen molar-refractivity contribution in [2.24, 2.45) is 0 Å². The van der Waals surface area contributed by atoms with Crippen molar-refractivity contribution < 1.29 is 19.0 Å². The Labute approximate surface area is 134 Å². The molecule has 6 heteroatoms. The van der Waals surface area contributed by atoms with Crippen LogP contribution in [-0.2, 0) is 4.79 Å². The van der Waals surface area contributed by atoms with Gasteiger partial charge in [-0.2, -0.15) is 5.26 Å². The Morgan fingerprint density at radius 2 is 1.96 bits per heavy atom. The molecule has 0 radical (unpaired) electrons. The van der Waals surface area contributed by atoms with Crippen LogP contribution in [0.15, 0.2) is 42.5 Å². The van der Waals surface area contributed by atoms with Crippen molar-refractivity contribution in [1.82, 2.24) is 0 Å². The third-order valence-electron chi connectivity index (χ3n) is 3.01. The topological polar surface area (TPSA) is 80.6 Å². The number of amides is 1. The highest BCUT2D eigenvalue weighted by molar-refractivity contribution is 5.93. The van der Waals surface area contributed by atoms with Gasteiger partial charge in [-0.25, -0.2) is 0 Å². The maximum Gasteiger partial charge on any atom is 0.262 e. The third-order valence-corrected chi connectivity index (χ3v) is 3.01. The zero-order valence-electron chi connectivity index (χ0n) is 12.8. The summed E-state index contributed by atoms with van der Waals surface area (Å²) in [6, 6.07) is 13.7. The molecule has 2 rings (SSSR count). The van der Waals surface area contributed by atoms with E-state index in [1.165, 1.54) is 7.11 Å².